The van der Waals surface area contributed by atoms with Gasteiger partial charge < -0.3 is 24.6 Å². The van der Waals surface area contributed by atoms with Gasteiger partial charge in [-0.2, -0.15) is 0 Å². The third-order valence-electron chi connectivity index (χ3n) is 2.75. The van der Waals surface area contributed by atoms with E-state index in [0.717, 1.165) is 0 Å². The Hall–Kier alpha value is -0.860. The quantitative estimate of drug-likeness (QED) is 0.502. The van der Waals surface area contributed by atoms with E-state index in [2.05, 4.69) is 21.2 Å². The molecule has 21 heavy (non-hydrogen) atoms. The van der Waals surface area contributed by atoms with Crippen molar-refractivity contribution in [3.63, 3.8) is 0 Å². The Morgan fingerprint density at radius 3 is 2.10 bits per heavy atom. The van der Waals surface area contributed by atoms with Crippen LogP contribution in [0.4, 0.5) is 4.79 Å². The van der Waals surface area contributed by atoms with Gasteiger partial charge in [0.15, 0.2) is 5.79 Å². The fourth-order valence-corrected chi connectivity index (χ4v) is 2.27. The van der Waals surface area contributed by atoms with E-state index < -0.39 is 29.5 Å². The fraction of sp³-hybridized carbons (Fsp3) is 0.846. The smallest absolute Gasteiger partial charge is 0.408 e. The molecular formula is C13H24BrNO6. The van der Waals surface area contributed by atoms with E-state index in [1.54, 1.807) is 20.8 Å². The van der Waals surface area contributed by atoms with E-state index >= 15 is 0 Å². The molecule has 0 aromatic heterocycles. The van der Waals surface area contributed by atoms with Crippen molar-refractivity contribution in [3.8, 4) is 0 Å². The molecular weight excluding hydrogens is 346 g/mol. The number of carboxylic acid groups (broad SMARTS) is 1. The highest BCUT2D eigenvalue weighted by Crippen LogP contribution is 2.22. The van der Waals surface area contributed by atoms with Crippen molar-refractivity contribution in [2.75, 3.05) is 19.5 Å². The number of aliphatic carboxylic acids is 1. The Bertz CT molecular complexity index is 343. The predicted octanol–water partition coefficient (Wildman–Crippen LogP) is 2.13. The fourth-order valence-electron chi connectivity index (χ4n) is 1.53. The van der Waals surface area contributed by atoms with Crippen molar-refractivity contribution in [1.82, 2.24) is 5.32 Å². The lowest BCUT2D eigenvalue weighted by molar-refractivity contribution is -0.194. The van der Waals surface area contributed by atoms with Crippen molar-refractivity contribution < 1.29 is 28.9 Å². The van der Waals surface area contributed by atoms with Crippen LogP contribution in [0.15, 0.2) is 0 Å². The van der Waals surface area contributed by atoms with Crippen molar-refractivity contribution in [2.24, 2.45) is 0 Å². The maximum Gasteiger partial charge on any atom is 0.408 e. The van der Waals surface area contributed by atoms with Crippen molar-refractivity contribution >= 4 is 28.0 Å². The predicted molar refractivity (Wildman–Crippen MR) is 80.6 cm³/mol. The number of nitrogens with one attached hydrogen (secondary N) is 1. The summed E-state index contributed by atoms with van der Waals surface area (Å²) < 4.78 is 15.5. The van der Waals surface area contributed by atoms with Gasteiger partial charge in [0.1, 0.15) is 11.6 Å². The normalized spacial score (nSPS) is 13.6. The molecule has 0 aliphatic carbocycles. The van der Waals surface area contributed by atoms with Crippen LogP contribution in [0.25, 0.3) is 0 Å². The average Bonchev–Trinajstić information content (AvgIpc) is 2.37. The molecule has 0 aliphatic heterocycles. The van der Waals surface area contributed by atoms with Crippen LogP contribution in [0.3, 0.4) is 0 Å². The molecule has 1 amide bonds. The summed E-state index contributed by atoms with van der Waals surface area (Å²) in [5, 5.41) is 11.9. The molecule has 0 unspecified atom stereocenters. The lowest BCUT2D eigenvalue weighted by Gasteiger charge is -2.30. The van der Waals surface area contributed by atoms with E-state index in [0.29, 0.717) is 5.33 Å². The van der Waals surface area contributed by atoms with Crippen LogP contribution in [0.2, 0.25) is 0 Å². The van der Waals surface area contributed by atoms with Crippen LogP contribution < -0.4 is 5.32 Å². The first-order chi connectivity index (χ1) is 9.59. The lowest BCUT2D eigenvalue weighted by Crippen LogP contribution is -2.45. The van der Waals surface area contributed by atoms with E-state index in [1.165, 1.54) is 14.2 Å². The van der Waals surface area contributed by atoms with E-state index in [1.807, 2.05) is 0 Å². The Kier molecular flexibility index (Phi) is 8.20. The summed E-state index contributed by atoms with van der Waals surface area (Å²) in [7, 11) is 2.95. The summed E-state index contributed by atoms with van der Waals surface area (Å²) in [4.78, 5) is 22.9. The second-order valence-corrected chi connectivity index (χ2v) is 6.09. The number of ether oxygens (including phenoxy) is 3. The van der Waals surface area contributed by atoms with Gasteiger partial charge in [-0.15, -0.1) is 0 Å². The Balaban J connectivity index is 4.65. The monoisotopic (exact) mass is 369 g/mol. The van der Waals surface area contributed by atoms with Gasteiger partial charge in [-0.3, -0.25) is 0 Å². The molecule has 0 rings (SSSR count). The zero-order valence-electron chi connectivity index (χ0n) is 13.1. The molecule has 2 N–H and O–H groups in total. The number of carbonyl (C=O) groups is 2. The molecule has 0 heterocycles. The number of amides is 1. The van der Waals surface area contributed by atoms with Gasteiger partial charge in [0.25, 0.3) is 0 Å². The first-order valence-electron chi connectivity index (χ1n) is 6.47. The molecule has 0 aromatic rings. The highest BCUT2D eigenvalue weighted by molar-refractivity contribution is 9.09. The van der Waals surface area contributed by atoms with Crippen LogP contribution >= 0.6 is 15.9 Å². The van der Waals surface area contributed by atoms with Crippen LogP contribution in [0.1, 0.15) is 33.6 Å². The number of hydrogen-bond acceptors (Lipinski definition) is 5. The standard InChI is InChI=1S/C13H24BrNO6/c1-12(2,3)21-11(18)15-9(10(16)17)6-7-13(8-14,19-4)20-5/h9H,6-8H2,1-5H3,(H,15,18)(H,16,17)/t9-/m0/s1. The number of rotatable bonds is 8. The number of carboxylic acids is 1. The van der Waals surface area contributed by atoms with E-state index in [9.17, 15) is 14.7 Å². The number of alkyl halides is 1. The van der Waals surface area contributed by atoms with Crippen LogP contribution in [0, 0.1) is 0 Å². The van der Waals surface area contributed by atoms with Crippen LogP contribution in [0.5, 0.6) is 0 Å². The Morgan fingerprint density at radius 1 is 1.24 bits per heavy atom. The lowest BCUT2D eigenvalue weighted by atomic mass is 10.1. The van der Waals surface area contributed by atoms with Crippen LogP contribution in [-0.2, 0) is 19.0 Å². The summed E-state index contributed by atoms with van der Waals surface area (Å²) >= 11 is 3.26. The summed E-state index contributed by atoms with van der Waals surface area (Å²) in [6.07, 6.45) is -0.339. The molecule has 0 radical (unpaired) electrons. The number of alkyl carbamates (subject to hydrolysis) is 1. The minimum Gasteiger partial charge on any atom is -0.480 e. The molecule has 0 bridgehead atoms. The molecule has 0 fully saturated rings. The van der Waals surface area contributed by atoms with Gasteiger partial charge in [0, 0.05) is 20.6 Å². The minimum atomic E-state index is -1.14. The van der Waals surface area contributed by atoms with Crippen molar-refractivity contribution in [3.05, 3.63) is 0 Å². The molecule has 0 spiro atoms. The minimum absolute atomic E-state index is 0.141. The molecule has 0 saturated heterocycles. The van der Waals surface area contributed by atoms with Gasteiger partial charge in [0.2, 0.25) is 0 Å². The number of methoxy groups -OCH3 is 2. The number of carbonyl (C=O) groups excluding carboxylic acids is 1. The van der Waals surface area contributed by atoms with Gasteiger partial charge in [-0.25, -0.2) is 9.59 Å². The summed E-state index contributed by atoms with van der Waals surface area (Å²) in [6.45, 7) is 5.11. The van der Waals surface area contributed by atoms with Gasteiger partial charge in [0.05, 0.1) is 5.33 Å². The summed E-state index contributed by atoms with van der Waals surface area (Å²) in [5.74, 6) is -2.07. The van der Waals surface area contributed by atoms with Crippen molar-refractivity contribution in [1.29, 1.82) is 0 Å². The summed E-state index contributed by atoms with van der Waals surface area (Å²) in [5.41, 5.74) is -0.689. The second-order valence-electron chi connectivity index (χ2n) is 5.53. The Labute approximate surface area is 133 Å². The molecule has 7 nitrogen and oxygen atoms in total. The van der Waals surface area contributed by atoms with E-state index in [4.69, 9.17) is 14.2 Å². The maximum atomic E-state index is 11.6. The van der Waals surface area contributed by atoms with Crippen LogP contribution in [-0.4, -0.2) is 54.1 Å². The van der Waals surface area contributed by atoms with Crippen molar-refractivity contribution in [2.45, 2.75) is 51.0 Å². The van der Waals surface area contributed by atoms with E-state index in [-0.39, 0.29) is 12.8 Å². The Morgan fingerprint density at radius 2 is 1.76 bits per heavy atom. The zero-order valence-corrected chi connectivity index (χ0v) is 14.7. The second kappa shape index (κ2) is 8.55. The molecule has 0 aromatic carbocycles. The molecule has 8 heteroatoms. The molecule has 1 atom stereocenters. The average molecular weight is 370 g/mol. The third kappa shape index (κ3) is 7.63. The number of halogens is 1. The number of hydrogen-bond donors (Lipinski definition) is 2. The highest BCUT2D eigenvalue weighted by Gasteiger charge is 2.32. The molecule has 0 saturated carbocycles. The van der Waals surface area contributed by atoms with Gasteiger partial charge >= 0.3 is 12.1 Å². The SMILES string of the molecule is COC(CBr)(CC[C@H](NC(=O)OC(C)(C)C)C(=O)O)OC. The first kappa shape index (κ1) is 20.1. The first-order valence-corrected chi connectivity index (χ1v) is 7.60. The molecule has 0 aliphatic rings. The topological polar surface area (TPSA) is 94.1 Å². The highest BCUT2D eigenvalue weighted by atomic mass is 79.9. The van der Waals surface area contributed by atoms with Gasteiger partial charge in [-0.1, -0.05) is 15.9 Å². The third-order valence-corrected chi connectivity index (χ3v) is 3.60. The summed E-state index contributed by atoms with van der Waals surface area (Å²) in [6, 6.07) is -1.08. The zero-order chi connectivity index (χ0) is 16.7. The maximum absolute atomic E-state index is 11.6. The van der Waals surface area contributed by atoms with Gasteiger partial charge in [-0.05, 0) is 27.2 Å². The molecule has 124 valence electrons. The largest absolute Gasteiger partial charge is 0.480 e.